The number of benzene rings is 2. The highest BCUT2D eigenvalue weighted by Crippen LogP contribution is 2.26. The lowest BCUT2D eigenvalue weighted by molar-refractivity contribution is 0.792. The third-order valence-electron chi connectivity index (χ3n) is 3.23. The molecule has 0 aliphatic rings. The average Bonchev–Trinajstić information content (AvgIpc) is 3.00. The molecular weight excluding hydrogens is 262 g/mol. The van der Waals surface area contributed by atoms with Crippen LogP contribution in [-0.2, 0) is 12.3 Å². The summed E-state index contributed by atoms with van der Waals surface area (Å²) in [5, 5.41) is 0. The van der Waals surface area contributed by atoms with E-state index >= 15 is 0 Å². The van der Waals surface area contributed by atoms with Crippen LogP contribution in [0.3, 0.4) is 0 Å². The SMILES string of the molecule is c1ccc(CSc2ccccc2Cn2cccc2)cc1. The lowest BCUT2D eigenvalue weighted by Gasteiger charge is -2.10. The van der Waals surface area contributed by atoms with Crippen LogP contribution >= 0.6 is 11.8 Å². The van der Waals surface area contributed by atoms with Crippen LogP contribution < -0.4 is 0 Å². The van der Waals surface area contributed by atoms with Gasteiger partial charge in [0.2, 0.25) is 0 Å². The molecule has 3 aromatic rings. The van der Waals surface area contributed by atoms with Crippen molar-refractivity contribution in [1.82, 2.24) is 4.57 Å². The van der Waals surface area contributed by atoms with E-state index in [0.717, 1.165) is 12.3 Å². The van der Waals surface area contributed by atoms with Crippen LogP contribution in [0.1, 0.15) is 11.1 Å². The molecule has 0 N–H and O–H groups in total. The van der Waals surface area contributed by atoms with Crippen LogP contribution in [0.2, 0.25) is 0 Å². The third kappa shape index (κ3) is 3.34. The Kier molecular flexibility index (Phi) is 4.24. The Morgan fingerprint density at radius 3 is 2.25 bits per heavy atom. The molecule has 1 heterocycles. The highest BCUT2D eigenvalue weighted by atomic mass is 32.2. The molecule has 0 fully saturated rings. The molecule has 0 aliphatic heterocycles. The van der Waals surface area contributed by atoms with Crippen LogP contribution in [0.4, 0.5) is 0 Å². The summed E-state index contributed by atoms with van der Waals surface area (Å²) in [5.74, 6) is 1.02. The van der Waals surface area contributed by atoms with E-state index in [0.29, 0.717) is 0 Å². The quantitative estimate of drug-likeness (QED) is 0.606. The summed E-state index contributed by atoms with van der Waals surface area (Å²) >= 11 is 1.91. The van der Waals surface area contributed by atoms with Crippen LogP contribution in [0, 0.1) is 0 Å². The fraction of sp³-hybridized carbons (Fsp3) is 0.111. The van der Waals surface area contributed by atoms with Gasteiger partial charge in [0.1, 0.15) is 0 Å². The fourth-order valence-electron chi connectivity index (χ4n) is 2.18. The van der Waals surface area contributed by atoms with Crippen LogP contribution in [0.25, 0.3) is 0 Å². The monoisotopic (exact) mass is 279 g/mol. The van der Waals surface area contributed by atoms with Gasteiger partial charge in [0.15, 0.2) is 0 Å². The third-order valence-corrected chi connectivity index (χ3v) is 4.42. The second-order valence-electron chi connectivity index (χ2n) is 4.74. The molecule has 1 nitrogen and oxygen atoms in total. The molecule has 3 rings (SSSR count). The average molecular weight is 279 g/mol. The molecule has 0 aliphatic carbocycles. The summed E-state index contributed by atoms with van der Waals surface area (Å²) < 4.78 is 2.21. The molecule has 100 valence electrons. The first-order valence-electron chi connectivity index (χ1n) is 6.77. The Balaban J connectivity index is 1.73. The van der Waals surface area contributed by atoms with Gasteiger partial charge < -0.3 is 4.57 Å². The zero-order chi connectivity index (χ0) is 13.6. The molecule has 2 aromatic carbocycles. The molecule has 0 bridgehead atoms. The van der Waals surface area contributed by atoms with Gasteiger partial charge in [0, 0.05) is 29.6 Å². The summed E-state index contributed by atoms with van der Waals surface area (Å²) in [7, 11) is 0. The van der Waals surface area contributed by atoms with Crippen LogP contribution in [-0.4, -0.2) is 4.57 Å². The lowest BCUT2D eigenvalue weighted by Crippen LogP contribution is -1.97. The van der Waals surface area contributed by atoms with Gasteiger partial charge in [-0.1, -0.05) is 48.5 Å². The Bertz CT molecular complexity index is 644. The molecule has 20 heavy (non-hydrogen) atoms. The summed E-state index contributed by atoms with van der Waals surface area (Å²) in [6.07, 6.45) is 4.22. The maximum Gasteiger partial charge on any atom is 0.0481 e. The molecule has 0 saturated heterocycles. The summed E-state index contributed by atoms with van der Waals surface area (Å²) in [6, 6.07) is 23.4. The van der Waals surface area contributed by atoms with Gasteiger partial charge in [-0.15, -0.1) is 11.8 Å². The van der Waals surface area contributed by atoms with E-state index in [9.17, 15) is 0 Å². The van der Waals surface area contributed by atoms with Gasteiger partial charge in [0.05, 0.1) is 0 Å². The summed E-state index contributed by atoms with van der Waals surface area (Å²) in [5.41, 5.74) is 2.75. The molecule has 0 unspecified atom stereocenters. The van der Waals surface area contributed by atoms with Crippen molar-refractivity contribution in [2.45, 2.75) is 17.2 Å². The lowest BCUT2D eigenvalue weighted by atomic mass is 10.2. The number of rotatable bonds is 5. The number of hydrogen-bond donors (Lipinski definition) is 0. The second kappa shape index (κ2) is 6.49. The molecule has 0 spiro atoms. The zero-order valence-electron chi connectivity index (χ0n) is 11.3. The topological polar surface area (TPSA) is 4.93 Å². The number of thioether (sulfide) groups is 1. The molecular formula is C18H17NS. The van der Waals surface area contributed by atoms with Crippen molar-refractivity contribution in [1.29, 1.82) is 0 Å². The molecule has 2 heteroatoms. The highest BCUT2D eigenvalue weighted by Gasteiger charge is 2.03. The summed E-state index contributed by atoms with van der Waals surface area (Å²) in [6.45, 7) is 0.935. The molecule has 0 amide bonds. The molecule has 0 saturated carbocycles. The van der Waals surface area contributed by atoms with Crippen molar-refractivity contribution >= 4 is 11.8 Å². The highest BCUT2D eigenvalue weighted by molar-refractivity contribution is 7.98. The number of hydrogen-bond acceptors (Lipinski definition) is 1. The van der Waals surface area contributed by atoms with Crippen molar-refractivity contribution in [2.75, 3.05) is 0 Å². The minimum atomic E-state index is 0.935. The minimum absolute atomic E-state index is 0.935. The predicted molar refractivity (Wildman–Crippen MR) is 86.0 cm³/mol. The van der Waals surface area contributed by atoms with Gasteiger partial charge in [-0.2, -0.15) is 0 Å². The van der Waals surface area contributed by atoms with E-state index < -0.39 is 0 Å². The van der Waals surface area contributed by atoms with E-state index in [1.807, 2.05) is 11.8 Å². The first-order valence-corrected chi connectivity index (χ1v) is 7.76. The first-order chi connectivity index (χ1) is 9.92. The van der Waals surface area contributed by atoms with E-state index in [1.54, 1.807) is 0 Å². The number of nitrogens with zero attached hydrogens (tertiary/aromatic N) is 1. The van der Waals surface area contributed by atoms with Crippen LogP contribution in [0.5, 0.6) is 0 Å². The smallest absolute Gasteiger partial charge is 0.0481 e. The normalized spacial score (nSPS) is 10.6. The fourth-order valence-corrected chi connectivity index (χ4v) is 3.19. The van der Waals surface area contributed by atoms with Crippen molar-refractivity contribution in [3.8, 4) is 0 Å². The standard InChI is InChI=1S/C18H17NS/c1-2-8-16(9-3-1)15-20-18-11-5-4-10-17(18)14-19-12-6-7-13-19/h1-13H,14-15H2. The zero-order valence-corrected chi connectivity index (χ0v) is 12.1. The number of aromatic nitrogens is 1. The molecule has 0 radical (unpaired) electrons. The van der Waals surface area contributed by atoms with E-state index in [-0.39, 0.29) is 0 Å². The van der Waals surface area contributed by atoms with E-state index in [1.165, 1.54) is 16.0 Å². The maximum absolute atomic E-state index is 2.22. The van der Waals surface area contributed by atoms with Crippen molar-refractivity contribution in [3.05, 3.63) is 90.3 Å². The first kappa shape index (κ1) is 13.1. The second-order valence-corrected chi connectivity index (χ2v) is 5.75. The Labute approximate surface area is 124 Å². The van der Waals surface area contributed by atoms with Gasteiger partial charge in [-0.3, -0.25) is 0 Å². The Hall–Kier alpha value is -1.93. The largest absolute Gasteiger partial charge is 0.350 e. The van der Waals surface area contributed by atoms with Gasteiger partial charge in [-0.05, 0) is 29.3 Å². The Morgan fingerprint density at radius 1 is 0.750 bits per heavy atom. The van der Waals surface area contributed by atoms with E-state index in [4.69, 9.17) is 0 Å². The minimum Gasteiger partial charge on any atom is -0.350 e. The Morgan fingerprint density at radius 2 is 1.45 bits per heavy atom. The van der Waals surface area contributed by atoms with Crippen LogP contribution in [0.15, 0.2) is 84.0 Å². The van der Waals surface area contributed by atoms with Crippen molar-refractivity contribution < 1.29 is 0 Å². The van der Waals surface area contributed by atoms with E-state index in [2.05, 4.69) is 83.7 Å². The molecule has 0 atom stereocenters. The van der Waals surface area contributed by atoms with Crippen molar-refractivity contribution in [3.63, 3.8) is 0 Å². The van der Waals surface area contributed by atoms with Crippen molar-refractivity contribution in [2.24, 2.45) is 0 Å². The maximum atomic E-state index is 2.22. The summed E-state index contributed by atoms with van der Waals surface area (Å²) in [4.78, 5) is 1.37. The van der Waals surface area contributed by atoms with Gasteiger partial charge >= 0.3 is 0 Å². The van der Waals surface area contributed by atoms with Gasteiger partial charge in [-0.25, -0.2) is 0 Å². The van der Waals surface area contributed by atoms with Gasteiger partial charge in [0.25, 0.3) is 0 Å². The predicted octanol–water partition coefficient (Wildman–Crippen LogP) is 4.83. The molecule has 1 aromatic heterocycles.